The second kappa shape index (κ2) is 5.85. The second-order valence-electron chi connectivity index (χ2n) is 5.90. The van der Waals surface area contributed by atoms with Gasteiger partial charge in [0.25, 0.3) is 0 Å². The summed E-state index contributed by atoms with van der Waals surface area (Å²) in [6.07, 6.45) is 3.80. The van der Waals surface area contributed by atoms with Gasteiger partial charge < -0.3 is 5.32 Å². The van der Waals surface area contributed by atoms with E-state index in [9.17, 15) is 0 Å². The molecular weight excluding hydrogens is 274 g/mol. The molecule has 2 aromatic carbocycles. The van der Waals surface area contributed by atoms with Crippen molar-refractivity contribution in [3.63, 3.8) is 0 Å². The Labute approximate surface area is 129 Å². The number of nitrogens with zero attached hydrogens (tertiary/aromatic N) is 4. The van der Waals surface area contributed by atoms with Crippen molar-refractivity contribution in [1.29, 1.82) is 0 Å². The quantitative estimate of drug-likeness (QED) is 0.806. The fourth-order valence-electron chi connectivity index (χ4n) is 3.45. The number of hydrogen-bond donors (Lipinski definition) is 1. The van der Waals surface area contributed by atoms with E-state index >= 15 is 0 Å². The van der Waals surface area contributed by atoms with Gasteiger partial charge in [0.15, 0.2) is 6.33 Å². The molecule has 1 fully saturated rings. The maximum absolute atomic E-state index is 4.32. The molecule has 1 atom stereocenters. The Bertz CT molecular complexity index is 747. The van der Waals surface area contributed by atoms with Gasteiger partial charge in [-0.25, -0.2) is 0 Å². The topological polar surface area (TPSA) is 55.6 Å². The summed E-state index contributed by atoms with van der Waals surface area (Å²) in [6, 6.07) is 15.3. The third kappa shape index (κ3) is 2.48. The van der Waals surface area contributed by atoms with Gasteiger partial charge in [0.05, 0.1) is 0 Å². The molecule has 2 heterocycles. The molecule has 1 aliphatic heterocycles. The molecule has 0 radical (unpaired) electrons. The van der Waals surface area contributed by atoms with E-state index in [1.54, 1.807) is 4.80 Å². The molecule has 0 amide bonds. The fourth-order valence-corrected chi connectivity index (χ4v) is 3.45. The molecule has 0 bridgehead atoms. The first-order chi connectivity index (χ1) is 10.9. The molecule has 4 rings (SSSR count). The van der Waals surface area contributed by atoms with Gasteiger partial charge in [-0.15, -0.1) is 10.2 Å². The van der Waals surface area contributed by atoms with Crippen LogP contribution in [-0.2, 0) is 0 Å². The summed E-state index contributed by atoms with van der Waals surface area (Å²) in [5.41, 5.74) is 1.27. The van der Waals surface area contributed by atoms with E-state index in [1.807, 2.05) is 0 Å². The predicted molar refractivity (Wildman–Crippen MR) is 85.5 cm³/mol. The lowest BCUT2D eigenvalue weighted by Crippen LogP contribution is -2.34. The van der Waals surface area contributed by atoms with Crippen molar-refractivity contribution in [2.45, 2.75) is 18.9 Å². The van der Waals surface area contributed by atoms with E-state index in [1.165, 1.54) is 22.7 Å². The van der Waals surface area contributed by atoms with Crippen LogP contribution >= 0.6 is 0 Å². The first-order valence-electron chi connectivity index (χ1n) is 7.84. The monoisotopic (exact) mass is 293 g/mol. The van der Waals surface area contributed by atoms with Gasteiger partial charge >= 0.3 is 0 Å². The molecule has 5 heteroatoms. The molecule has 0 spiro atoms. The fraction of sp³-hybridized carbons (Fsp3) is 0.353. The standard InChI is InChI=1S/C17H19N5/c1-2-4-15-11-16(6-5-13(15)3-1)17(22-20-12-19-21-22)14-7-9-18-10-8-14/h1-6,11-12,14,17-18H,7-10H2/t17-/m0/s1. The maximum atomic E-state index is 4.32. The van der Waals surface area contributed by atoms with Crippen LogP contribution in [0.3, 0.4) is 0 Å². The summed E-state index contributed by atoms with van der Waals surface area (Å²) >= 11 is 0. The third-order valence-corrected chi connectivity index (χ3v) is 4.56. The average molecular weight is 293 g/mol. The van der Waals surface area contributed by atoms with Crippen LogP contribution in [0.2, 0.25) is 0 Å². The lowest BCUT2D eigenvalue weighted by Gasteiger charge is -2.30. The Balaban J connectivity index is 1.78. The lowest BCUT2D eigenvalue weighted by molar-refractivity contribution is 0.257. The van der Waals surface area contributed by atoms with Crippen LogP contribution < -0.4 is 5.32 Å². The Kier molecular flexibility index (Phi) is 3.56. The van der Waals surface area contributed by atoms with Crippen molar-refractivity contribution in [3.8, 4) is 0 Å². The predicted octanol–water partition coefficient (Wildman–Crippen LogP) is 2.42. The minimum Gasteiger partial charge on any atom is -0.317 e. The summed E-state index contributed by atoms with van der Waals surface area (Å²) in [6.45, 7) is 2.12. The molecule has 1 N–H and O–H groups in total. The highest BCUT2D eigenvalue weighted by atomic mass is 15.6. The van der Waals surface area contributed by atoms with Crippen molar-refractivity contribution in [3.05, 3.63) is 54.4 Å². The second-order valence-corrected chi connectivity index (χ2v) is 5.90. The molecule has 1 aromatic heterocycles. The highest BCUT2D eigenvalue weighted by Gasteiger charge is 2.28. The smallest absolute Gasteiger partial charge is 0.162 e. The van der Waals surface area contributed by atoms with Gasteiger partial charge in [-0.05, 0) is 59.5 Å². The van der Waals surface area contributed by atoms with Crippen LogP contribution in [0.1, 0.15) is 24.4 Å². The number of piperidine rings is 1. The summed E-state index contributed by atoms with van der Waals surface area (Å²) in [5.74, 6) is 0.539. The Morgan fingerprint density at radius 2 is 1.86 bits per heavy atom. The highest BCUT2D eigenvalue weighted by Crippen LogP contribution is 2.32. The van der Waals surface area contributed by atoms with Crippen LogP contribution in [0.15, 0.2) is 48.8 Å². The van der Waals surface area contributed by atoms with E-state index in [2.05, 4.69) is 63.2 Å². The van der Waals surface area contributed by atoms with E-state index in [-0.39, 0.29) is 6.04 Å². The molecule has 5 nitrogen and oxygen atoms in total. The van der Waals surface area contributed by atoms with E-state index < -0.39 is 0 Å². The minimum atomic E-state index is 0.161. The summed E-state index contributed by atoms with van der Waals surface area (Å²) in [4.78, 5) is 1.78. The number of tetrazole rings is 1. The molecule has 3 aromatic rings. The van der Waals surface area contributed by atoms with E-state index in [4.69, 9.17) is 0 Å². The van der Waals surface area contributed by atoms with Gasteiger partial charge in [0.2, 0.25) is 0 Å². The molecule has 112 valence electrons. The van der Waals surface area contributed by atoms with Gasteiger partial charge in [-0.2, -0.15) is 4.80 Å². The van der Waals surface area contributed by atoms with Crippen LogP contribution in [0.5, 0.6) is 0 Å². The number of aromatic nitrogens is 4. The number of rotatable bonds is 3. The summed E-state index contributed by atoms with van der Waals surface area (Å²) in [5, 5.41) is 18.4. The summed E-state index contributed by atoms with van der Waals surface area (Å²) in [7, 11) is 0. The normalized spacial score (nSPS) is 17.6. The number of fused-ring (bicyclic) bond motifs is 1. The largest absolute Gasteiger partial charge is 0.317 e. The molecule has 0 saturated carbocycles. The Morgan fingerprint density at radius 1 is 1.05 bits per heavy atom. The van der Waals surface area contributed by atoms with Crippen LogP contribution in [0.25, 0.3) is 10.8 Å². The van der Waals surface area contributed by atoms with Crippen LogP contribution in [-0.4, -0.2) is 33.3 Å². The SMILES string of the molecule is c1ccc2cc([C@H](C3CCNCC3)n3ncnn3)ccc2c1. The van der Waals surface area contributed by atoms with E-state index in [0.717, 1.165) is 25.9 Å². The maximum Gasteiger partial charge on any atom is 0.162 e. The van der Waals surface area contributed by atoms with Gasteiger partial charge in [-0.1, -0.05) is 36.4 Å². The van der Waals surface area contributed by atoms with Gasteiger partial charge in [0, 0.05) is 0 Å². The molecule has 0 aliphatic carbocycles. The van der Waals surface area contributed by atoms with E-state index in [0.29, 0.717) is 5.92 Å². The number of nitrogens with one attached hydrogen (secondary N) is 1. The molecule has 0 unspecified atom stereocenters. The van der Waals surface area contributed by atoms with Crippen molar-refractivity contribution in [2.75, 3.05) is 13.1 Å². The third-order valence-electron chi connectivity index (χ3n) is 4.56. The Morgan fingerprint density at radius 3 is 2.64 bits per heavy atom. The van der Waals surface area contributed by atoms with Crippen molar-refractivity contribution in [2.24, 2.45) is 5.92 Å². The molecule has 1 aliphatic rings. The number of hydrogen-bond acceptors (Lipinski definition) is 4. The molecule has 1 saturated heterocycles. The zero-order valence-electron chi connectivity index (χ0n) is 12.4. The van der Waals surface area contributed by atoms with Crippen molar-refractivity contribution < 1.29 is 0 Å². The molecular formula is C17H19N5. The average Bonchev–Trinajstić information content (AvgIpc) is 3.10. The first-order valence-corrected chi connectivity index (χ1v) is 7.84. The van der Waals surface area contributed by atoms with Crippen molar-refractivity contribution >= 4 is 10.8 Å². The minimum absolute atomic E-state index is 0.161. The van der Waals surface area contributed by atoms with Gasteiger partial charge in [-0.3, -0.25) is 0 Å². The summed E-state index contributed by atoms with van der Waals surface area (Å²) < 4.78 is 0. The van der Waals surface area contributed by atoms with Crippen molar-refractivity contribution in [1.82, 2.24) is 25.5 Å². The highest BCUT2D eigenvalue weighted by molar-refractivity contribution is 5.83. The zero-order chi connectivity index (χ0) is 14.8. The lowest BCUT2D eigenvalue weighted by atomic mass is 9.85. The first kappa shape index (κ1) is 13.4. The molecule has 22 heavy (non-hydrogen) atoms. The Hall–Kier alpha value is -2.27. The number of benzene rings is 2. The van der Waals surface area contributed by atoms with Gasteiger partial charge in [0.1, 0.15) is 6.04 Å². The van der Waals surface area contributed by atoms with Crippen LogP contribution in [0.4, 0.5) is 0 Å². The zero-order valence-corrected chi connectivity index (χ0v) is 12.4. The van der Waals surface area contributed by atoms with Crippen LogP contribution in [0, 0.1) is 5.92 Å².